The molecular weight excluding hydrogens is 242 g/mol. The second-order valence-electron chi connectivity index (χ2n) is 4.09. The summed E-state index contributed by atoms with van der Waals surface area (Å²) in [6.07, 6.45) is 2.91. The average Bonchev–Trinajstić information content (AvgIpc) is 3.01. The molecule has 0 unspecified atom stereocenters. The third-order valence-electron chi connectivity index (χ3n) is 2.91. The highest BCUT2D eigenvalue weighted by Crippen LogP contribution is 2.27. The number of H-pyrrole nitrogens is 1. The fourth-order valence-corrected chi connectivity index (χ4v) is 2.05. The van der Waals surface area contributed by atoms with Crippen LogP contribution in [0.1, 0.15) is 0 Å². The maximum atomic E-state index is 5.25. The number of nitrogens with one attached hydrogen (secondary N) is 2. The standard InChI is InChI=1S/C13H9N5O/c1-2-4-8(5-3-1)17-12-10-9(14-6-15-12)11-13(18-10)19-7-16-11/h1-7,18H,(H,14,15,17). The summed E-state index contributed by atoms with van der Waals surface area (Å²) in [6, 6.07) is 9.83. The first-order valence-corrected chi connectivity index (χ1v) is 5.80. The molecule has 0 spiro atoms. The van der Waals surface area contributed by atoms with Gasteiger partial charge in [0.2, 0.25) is 5.71 Å². The number of aromatic nitrogens is 4. The Balaban J connectivity index is 1.89. The Bertz CT molecular complexity index is 849. The molecule has 0 radical (unpaired) electrons. The second-order valence-corrected chi connectivity index (χ2v) is 4.09. The third kappa shape index (κ3) is 1.54. The molecule has 92 valence electrons. The summed E-state index contributed by atoms with van der Waals surface area (Å²) in [5.74, 6) is 0.699. The Kier molecular flexibility index (Phi) is 2.02. The minimum atomic E-state index is 0.603. The van der Waals surface area contributed by atoms with Gasteiger partial charge in [0, 0.05) is 5.69 Å². The number of oxazole rings is 1. The van der Waals surface area contributed by atoms with Gasteiger partial charge in [-0.05, 0) is 12.1 Å². The van der Waals surface area contributed by atoms with Gasteiger partial charge >= 0.3 is 0 Å². The molecule has 4 aromatic rings. The summed E-state index contributed by atoms with van der Waals surface area (Å²) in [5, 5.41) is 3.25. The zero-order valence-corrected chi connectivity index (χ0v) is 9.79. The van der Waals surface area contributed by atoms with E-state index < -0.39 is 0 Å². The van der Waals surface area contributed by atoms with E-state index in [0.29, 0.717) is 17.0 Å². The van der Waals surface area contributed by atoms with Crippen molar-refractivity contribution in [1.82, 2.24) is 19.9 Å². The third-order valence-corrected chi connectivity index (χ3v) is 2.91. The molecule has 1 aromatic carbocycles. The number of fused-ring (bicyclic) bond motifs is 3. The van der Waals surface area contributed by atoms with Gasteiger partial charge in [0.25, 0.3) is 0 Å². The number of nitrogens with zero attached hydrogens (tertiary/aromatic N) is 3. The molecule has 0 aliphatic rings. The van der Waals surface area contributed by atoms with Crippen molar-refractivity contribution in [2.45, 2.75) is 0 Å². The summed E-state index contributed by atoms with van der Waals surface area (Å²) in [7, 11) is 0. The highest BCUT2D eigenvalue weighted by atomic mass is 16.3. The number of hydrogen-bond acceptors (Lipinski definition) is 5. The zero-order valence-electron chi connectivity index (χ0n) is 9.79. The maximum Gasteiger partial charge on any atom is 0.227 e. The predicted molar refractivity (Wildman–Crippen MR) is 71.2 cm³/mol. The molecule has 0 saturated heterocycles. The Morgan fingerprint density at radius 2 is 1.89 bits per heavy atom. The zero-order chi connectivity index (χ0) is 12.7. The molecule has 0 fully saturated rings. The average molecular weight is 251 g/mol. The molecule has 0 amide bonds. The van der Waals surface area contributed by atoms with E-state index in [0.717, 1.165) is 16.7 Å². The van der Waals surface area contributed by atoms with Crippen molar-refractivity contribution in [2.75, 3.05) is 5.32 Å². The number of hydrogen-bond donors (Lipinski definition) is 2. The van der Waals surface area contributed by atoms with Crippen LogP contribution < -0.4 is 5.32 Å². The normalized spacial score (nSPS) is 11.2. The minimum absolute atomic E-state index is 0.603. The van der Waals surface area contributed by atoms with Crippen LogP contribution in [0.4, 0.5) is 11.5 Å². The lowest BCUT2D eigenvalue weighted by Crippen LogP contribution is -1.95. The molecule has 0 bridgehead atoms. The monoisotopic (exact) mass is 251 g/mol. The smallest absolute Gasteiger partial charge is 0.227 e. The van der Waals surface area contributed by atoms with Crippen LogP contribution in [0.5, 0.6) is 0 Å². The van der Waals surface area contributed by atoms with Gasteiger partial charge in [-0.2, -0.15) is 0 Å². The van der Waals surface area contributed by atoms with Gasteiger partial charge in [-0.25, -0.2) is 15.0 Å². The van der Waals surface area contributed by atoms with E-state index in [1.165, 1.54) is 12.7 Å². The van der Waals surface area contributed by atoms with E-state index in [4.69, 9.17) is 4.42 Å². The molecule has 0 aliphatic heterocycles. The first-order chi connectivity index (χ1) is 9.42. The maximum absolute atomic E-state index is 5.25. The Hall–Kier alpha value is -2.89. The van der Waals surface area contributed by atoms with Crippen molar-refractivity contribution in [2.24, 2.45) is 0 Å². The van der Waals surface area contributed by atoms with Crippen molar-refractivity contribution in [3.05, 3.63) is 43.1 Å². The highest BCUT2D eigenvalue weighted by Gasteiger charge is 2.13. The van der Waals surface area contributed by atoms with E-state index in [2.05, 4.69) is 25.3 Å². The van der Waals surface area contributed by atoms with Gasteiger partial charge in [-0.15, -0.1) is 0 Å². The van der Waals surface area contributed by atoms with Crippen LogP contribution in [-0.4, -0.2) is 19.9 Å². The van der Waals surface area contributed by atoms with Crippen molar-refractivity contribution >= 4 is 33.8 Å². The first-order valence-electron chi connectivity index (χ1n) is 5.80. The number of anilines is 2. The molecule has 6 nitrogen and oxygen atoms in total. The van der Waals surface area contributed by atoms with Crippen molar-refractivity contribution in [1.29, 1.82) is 0 Å². The Morgan fingerprint density at radius 3 is 2.79 bits per heavy atom. The Morgan fingerprint density at radius 1 is 1.00 bits per heavy atom. The van der Waals surface area contributed by atoms with Crippen LogP contribution in [0.2, 0.25) is 0 Å². The van der Waals surface area contributed by atoms with Crippen molar-refractivity contribution in [3.8, 4) is 0 Å². The van der Waals surface area contributed by atoms with Crippen LogP contribution in [0.15, 0.2) is 47.5 Å². The van der Waals surface area contributed by atoms with Gasteiger partial charge in [-0.3, -0.25) is 0 Å². The lowest BCUT2D eigenvalue weighted by molar-refractivity contribution is 0.592. The first kappa shape index (κ1) is 10.1. The van der Waals surface area contributed by atoms with Crippen LogP contribution in [0.3, 0.4) is 0 Å². The van der Waals surface area contributed by atoms with E-state index in [1.807, 2.05) is 30.3 Å². The molecule has 0 atom stereocenters. The van der Waals surface area contributed by atoms with Gasteiger partial charge in [0.15, 0.2) is 17.7 Å². The Labute approximate surface area is 107 Å². The number of para-hydroxylation sites is 1. The fraction of sp³-hybridized carbons (Fsp3) is 0. The lowest BCUT2D eigenvalue weighted by atomic mass is 10.3. The van der Waals surface area contributed by atoms with Gasteiger partial charge in [0.1, 0.15) is 17.4 Å². The van der Waals surface area contributed by atoms with Crippen molar-refractivity contribution in [3.63, 3.8) is 0 Å². The molecule has 3 aromatic heterocycles. The van der Waals surface area contributed by atoms with Gasteiger partial charge in [-0.1, -0.05) is 18.2 Å². The molecule has 3 heterocycles. The number of rotatable bonds is 2. The topological polar surface area (TPSA) is 79.6 Å². The fourth-order valence-electron chi connectivity index (χ4n) is 2.05. The van der Waals surface area contributed by atoms with Gasteiger partial charge in [0.05, 0.1) is 0 Å². The number of aromatic amines is 1. The molecule has 2 N–H and O–H groups in total. The van der Waals surface area contributed by atoms with Crippen LogP contribution in [0, 0.1) is 0 Å². The van der Waals surface area contributed by atoms with E-state index in [9.17, 15) is 0 Å². The molecular formula is C13H9N5O. The van der Waals surface area contributed by atoms with E-state index >= 15 is 0 Å². The van der Waals surface area contributed by atoms with E-state index in [-0.39, 0.29) is 0 Å². The molecule has 6 heteroatoms. The molecule has 19 heavy (non-hydrogen) atoms. The molecule has 0 saturated carbocycles. The SMILES string of the molecule is c1ccc(Nc2ncnc3c2[nH]c2ocnc23)cc1. The summed E-state index contributed by atoms with van der Waals surface area (Å²) in [5.41, 5.74) is 3.81. The van der Waals surface area contributed by atoms with E-state index in [1.54, 1.807) is 0 Å². The highest BCUT2D eigenvalue weighted by molar-refractivity contribution is 6.04. The van der Waals surface area contributed by atoms with Crippen LogP contribution >= 0.6 is 0 Å². The second kappa shape index (κ2) is 3.81. The quantitative estimate of drug-likeness (QED) is 0.572. The summed E-state index contributed by atoms with van der Waals surface area (Å²) in [4.78, 5) is 15.8. The summed E-state index contributed by atoms with van der Waals surface area (Å²) in [6.45, 7) is 0. The lowest BCUT2D eigenvalue weighted by Gasteiger charge is -2.05. The van der Waals surface area contributed by atoms with Crippen LogP contribution in [-0.2, 0) is 0 Å². The predicted octanol–water partition coefficient (Wildman–Crippen LogP) is 2.84. The largest absolute Gasteiger partial charge is 0.427 e. The van der Waals surface area contributed by atoms with Crippen molar-refractivity contribution < 1.29 is 4.42 Å². The minimum Gasteiger partial charge on any atom is -0.427 e. The summed E-state index contributed by atoms with van der Waals surface area (Å²) >= 11 is 0. The van der Waals surface area contributed by atoms with Crippen LogP contribution in [0.25, 0.3) is 22.3 Å². The molecule has 0 aliphatic carbocycles. The molecule has 4 rings (SSSR count). The summed E-state index contributed by atoms with van der Waals surface area (Å²) < 4.78 is 5.25. The number of benzene rings is 1. The van der Waals surface area contributed by atoms with Gasteiger partial charge < -0.3 is 14.7 Å².